The van der Waals surface area contributed by atoms with E-state index >= 15 is 0 Å². The summed E-state index contributed by atoms with van der Waals surface area (Å²) in [4.78, 5) is 13.8. The molecular formula is C24H28N6O. The number of hydrogen-bond acceptors (Lipinski definition) is 6. The highest BCUT2D eigenvalue weighted by molar-refractivity contribution is 5.85. The van der Waals surface area contributed by atoms with Crippen molar-refractivity contribution in [2.45, 2.75) is 33.0 Å². The summed E-state index contributed by atoms with van der Waals surface area (Å²) in [6, 6.07) is 16.1. The number of aromatic nitrogens is 1. The minimum Gasteiger partial charge on any atom is -0.366 e. The van der Waals surface area contributed by atoms with E-state index in [1.165, 1.54) is 0 Å². The van der Waals surface area contributed by atoms with Gasteiger partial charge in [-0.05, 0) is 49.4 Å². The van der Waals surface area contributed by atoms with Gasteiger partial charge >= 0.3 is 0 Å². The van der Waals surface area contributed by atoms with E-state index in [0.717, 1.165) is 44.8 Å². The molecule has 3 aromatic rings. The molecule has 2 aliphatic rings. The maximum atomic E-state index is 13.8. The number of para-hydroxylation sites is 1. The van der Waals surface area contributed by atoms with Crippen LogP contribution in [0.15, 0.2) is 64.8 Å². The third-order valence-electron chi connectivity index (χ3n) is 6.17. The normalized spacial score (nSPS) is 18.9. The number of pyridine rings is 1. The highest BCUT2D eigenvalue weighted by Crippen LogP contribution is 2.25. The molecule has 0 spiro atoms. The first kappa shape index (κ1) is 19.7. The van der Waals surface area contributed by atoms with E-state index in [9.17, 15) is 4.79 Å². The smallest absolute Gasteiger partial charge is 0.263 e. The average molecular weight is 417 g/mol. The van der Waals surface area contributed by atoms with Gasteiger partial charge in [0, 0.05) is 11.7 Å². The second-order valence-corrected chi connectivity index (χ2v) is 8.23. The Labute approximate surface area is 181 Å². The van der Waals surface area contributed by atoms with Gasteiger partial charge in [-0.1, -0.05) is 36.4 Å². The highest BCUT2D eigenvalue weighted by Gasteiger charge is 2.28. The molecule has 0 fully saturated rings. The summed E-state index contributed by atoms with van der Waals surface area (Å²) in [6.45, 7) is 7.52. The van der Waals surface area contributed by atoms with Crippen LogP contribution in [0.4, 0.5) is 0 Å². The molecule has 7 nitrogen and oxygen atoms in total. The molecule has 0 radical (unpaired) electrons. The van der Waals surface area contributed by atoms with Crippen LogP contribution < -0.4 is 32.1 Å². The van der Waals surface area contributed by atoms with Crippen LogP contribution in [0.2, 0.25) is 0 Å². The van der Waals surface area contributed by atoms with Crippen molar-refractivity contribution in [3.63, 3.8) is 0 Å². The molecule has 5 N–H and O–H groups in total. The lowest BCUT2D eigenvalue weighted by Crippen LogP contribution is -2.54. The first-order valence-electron chi connectivity index (χ1n) is 10.7. The van der Waals surface area contributed by atoms with Crippen LogP contribution >= 0.6 is 0 Å². The van der Waals surface area contributed by atoms with Gasteiger partial charge in [0.05, 0.1) is 30.1 Å². The Balaban J connectivity index is 1.65. The van der Waals surface area contributed by atoms with Crippen molar-refractivity contribution >= 4 is 10.8 Å². The molecule has 1 aromatic heterocycles. The molecule has 5 rings (SSSR count). The lowest BCUT2D eigenvalue weighted by atomic mass is 10.0. The summed E-state index contributed by atoms with van der Waals surface area (Å²) in [6.07, 6.45) is -0.0464. The minimum absolute atomic E-state index is 0.0207. The van der Waals surface area contributed by atoms with Gasteiger partial charge in [-0.2, -0.15) is 0 Å². The number of benzene rings is 2. The molecule has 3 heterocycles. The molecule has 2 atom stereocenters. The quantitative estimate of drug-likeness (QED) is 0.448. The van der Waals surface area contributed by atoms with Gasteiger partial charge in [0.15, 0.2) is 0 Å². The number of hydrogen-bond donors (Lipinski definition) is 5. The van der Waals surface area contributed by atoms with Gasteiger partial charge in [0.1, 0.15) is 12.0 Å². The number of nitrogens with zero attached hydrogens (tertiary/aromatic N) is 1. The van der Waals surface area contributed by atoms with Gasteiger partial charge in [0.25, 0.3) is 5.56 Å². The maximum absolute atomic E-state index is 13.8. The van der Waals surface area contributed by atoms with Crippen LogP contribution in [0.25, 0.3) is 16.5 Å². The first-order chi connectivity index (χ1) is 15.0. The van der Waals surface area contributed by atoms with Crippen LogP contribution in [0, 0.1) is 13.8 Å². The summed E-state index contributed by atoms with van der Waals surface area (Å²) in [7, 11) is 0. The summed E-state index contributed by atoms with van der Waals surface area (Å²) in [5.74, 6) is 1.02. The second kappa shape index (κ2) is 7.76. The van der Waals surface area contributed by atoms with E-state index in [-0.39, 0.29) is 17.8 Å². The standard InChI is InChI=1S/C24H28N6O/c1-14-7-4-5-10-18(14)30-19(11-17-9-6-8-15(2)20(17)24(30)31)16(3)29-23-21-22(26-12-25-21)27-13-28-23/h4-11,16,23,25-29H,12-13H2,1-3H3. The molecule has 2 unspecified atom stereocenters. The number of aryl methyl sites for hydroxylation is 2. The Hall–Kier alpha value is -3.29. The van der Waals surface area contributed by atoms with Gasteiger partial charge < -0.3 is 16.0 Å². The molecule has 0 aliphatic carbocycles. The van der Waals surface area contributed by atoms with Gasteiger partial charge in [0.2, 0.25) is 0 Å². The molecule has 2 aromatic carbocycles. The van der Waals surface area contributed by atoms with Crippen molar-refractivity contribution in [3.05, 3.63) is 87.2 Å². The van der Waals surface area contributed by atoms with Crippen molar-refractivity contribution in [1.82, 2.24) is 31.2 Å². The first-order valence-corrected chi connectivity index (χ1v) is 10.7. The molecule has 0 amide bonds. The van der Waals surface area contributed by atoms with Gasteiger partial charge in [-0.25, -0.2) is 0 Å². The Bertz CT molecular complexity index is 1240. The van der Waals surface area contributed by atoms with Crippen LogP contribution in [0.1, 0.15) is 29.8 Å². The number of rotatable bonds is 4. The zero-order valence-electron chi connectivity index (χ0n) is 18.0. The number of fused-ring (bicyclic) bond motifs is 1. The zero-order valence-corrected chi connectivity index (χ0v) is 18.0. The third-order valence-corrected chi connectivity index (χ3v) is 6.17. The largest absolute Gasteiger partial charge is 0.366 e. The van der Waals surface area contributed by atoms with Crippen molar-refractivity contribution in [2.24, 2.45) is 0 Å². The van der Waals surface area contributed by atoms with E-state index in [1.807, 2.05) is 60.9 Å². The molecular weight excluding hydrogens is 388 g/mol. The summed E-state index contributed by atoms with van der Waals surface area (Å²) in [5.41, 5.74) is 5.00. The predicted octanol–water partition coefficient (Wildman–Crippen LogP) is 2.05. The summed E-state index contributed by atoms with van der Waals surface area (Å²) >= 11 is 0. The zero-order chi connectivity index (χ0) is 21.5. The lowest BCUT2D eigenvalue weighted by molar-refractivity contribution is 0.382. The fourth-order valence-corrected chi connectivity index (χ4v) is 4.57. The van der Waals surface area contributed by atoms with E-state index in [0.29, 0.717) is 13.3 Å². The summed E-state index contributed by atoms with van der Waals surface area (Å²) < 4.78 is 1.87. The van der Waals surface area contributed by atoms with Crippen molar-refractivity contribution < 1.29 is 0 Å². The fourth-order valence-electron chi connectivity index (χ4n) is 4.57. The third kappa shape index (κ3) is 3.36. The maximum Gasteiger partial charge on any atom is 0.263 e. The highest BCUT2D eigenvalue weighted by atomic mass is 16.1. The van der Waals surface area contributed by atoms with Gasteiger partial charge in [-0.15, -0.1) is 0 Å². The lowest BCUT2D eigenvalue weighted by Gasteiger charge is -2.31. The number of nitrogens with one attached hydrogen (secondary N) is 5. The van der Waals surface area contributed by atoms with Crippen LogP contribution in [-0.4, -0.2) is 24.1 Å². The monoisotopic (exact) mass is 416 g/mol. The topological polar surface area (TPSA) is 82.2 Å². The predicted molar refractivity (Wildman–Crippen MR) is 124 cm³/mol. The molecule has 160 valence electrons. The summed E-state index contributed by atoms with van der Waals surface area (Å²) in [5, 5.41) is 18.9. The molecule has 0 saturated heterocycles. The van der Waals surface area contributed by atoms with E-state index < -0.39 is 0 Å². The Morgan fingerprint density at radius 2 is 1.77 bits per heavy atom. The van der Waals surface area contributed by atoms with Gasteiger partial charge in [-0.3, -0.25) is 20.0 Å². The van der Waals surface area contributed by atoms with Crippen molar-refractivity contribution in [3.8, 4) is 5.69 Å². The Kier molecular flexibility index (Phi) is 4.92. The average Bonchev–Trinajstić information content (AvgIpc) is 3.24. The Morgan fingerprint density at radius 1 is 1.00 bits per heavy atom. The SMILES string of the molecule is Cc1ccccc1-n1c(C(C)NC2NCNC3=C2NCN3)cc2cccc(C)c2c1=O. The van der Waals surface area contributed by atoms with Crippen molar-refractivity contribution in [1.29, 1.82) is 0 Å². The minimum atomic E-state index is -0.0797. The van der Waals surface area contributed by atoms with E-state index in [4.69, 9.17) is 0 Å². The molecule has 7 heteroatoms. The fraction of sp³-hybridized carbons (Fsp3) is 0.292. The Morgan fingerprint density at radius 3 is 2.61 bits per heavy atom. The second-order valence-electron chi connectivity index (χ2n) is 8.23. The van der Waals surface area contributed by atoms with Crippen molar-refractivity contribution in [2.75, 3.05) is 13.3 Å². The molecule has 0 bridgehead atoms. The molecule has 2 aliphatic heterocycles. The van der Waals surface area contributed by atoms with E-state index in [2.05, 4.69) is 39.6 Å². The van der Waals surface area contributed by atoms with E-state index in [1.54, 1.807) is 0 Å². The molecule has 0 saturated carbocycles. The van der Waals surface area contributed by atoms with Crippen LogP contribution in [-0.2, 0) is 0 Å². The van der Waals surface area contributed by atoms with Crippen LogP contribution in [0.3, 0.4) is 0 Å². The molecule has 31 heavy (non-hydrogen) atoms. The van der Waals surface area contributed by atoms with Crippen LogP contribution in [0.5, 0.6) is 0 Å².